The average molecular weight is 274 g/mol. The van der Waals surface area contributed by atoms with Crippen molar-refractivity contribution in [2.24, 2.45) is 0 Å². The Bertz CT molecular complexity index is 577. The van der Waals surface area contributed by atoms with Crippen LogP contribution in [0.15, 0.2) is 30.5 Å². The highest BCUT2D eigenvalue weighted by molar-refractivity contribution is 5.84. The largest absolute Gasteiger partial charge is 0.481 e. The maximum atomic E-state index is 11.1. The highest BCUT2D eigenvalue weighted by atomic mass is 16.4. The van der Waals surface area contributed by atoms with Crippen molar-refractivity contribution in [3.05, 3.63) is 36.0 Å². The van der Waals surface area contributed by atoms with Gasteiger partial charge in [0.05, 0.1) is 6.42 Å². The molecule has 0 aliphatic carbocycles. The van der Waals surface area contributed by atoms with Gasteiger partial charge in [0.1, 0.15) is 0 Å². The summed E-state index contributed by atoms with van der Waals surface area (Å²) in [5, 5.41) is 13.7. The molecule has 1 aromatic carbocycles. The molecule has 0 radical (unpaired) electrons. The summed E-state index contributed by atoms with van der Waals surface area (Å²) in [6.45, 7) is 4.24. The van der Waals surface area contributed by atoms with Crippen LogP contribution >= 0.6 is 0 Å². The third-order valence-corrected chi connectivity index (χ3v) is 3.58. The number of hydrogen-bond acceptors (Lipinski definition) is 2. The second-order valence-corrected chi connectivity index (χ2v) is 5.30. The van der Waals surface area contributed by atoms with Crippen molar-refractivity contribution < 1.29 is 9.90 Å². The molecule has 0 amide bonds. The number of para-hydroxylation sites is 1. The van der Waals surface area contributed by atoms with Crippen LogP contribution in [0.5, 0.6) is 0 Å². The molecule has 0 saturated heterocycles. The van der Waals surface area contributed by atoms with Crippen LogP contribution in [0.1, 0.15) is 44.7 Å². The Morgan fingerprint density at radius 1 is 1.40 bits per heavy atom. The van der Waals surface area contributed by atoms with Crippen molar-refractivity contribution in [3.8, 4) is 0 Å². The monoisotopic (exact) mass is 274 g/mol. The van der Waals surface area contributed by atoms with Gasteiger partial charge in [-0.3, -0.25) is 4.79 Å². The number of carboxylic acid groups (broad SMARTS) is 1. The van der Waals surface area contributed by atoms with Gasteiger partial charge in [-0.2, -0.15) is 0 Å². The molecule has 0 spiro atoms. The standard InChI is InChI=1S/C16H22N2O2/c1-3-6-11(2)18-15(9-16(19)20)13-10-17-14-8-5-4-7-12(13)14/h4-5,7-8,10-11,15,17-18H,3,6,9H2,1-2H3,(H,19,20). The summed E-state index contributed by atoms with van der Waals surface area (Å²) >= 11 is 0. The van der Waals surface area contributed by atoms with Gasteiger partial charge in [-0.1, -0.05) is 31.5 Å². The number of fused-ring (bicyclic) bond motifs is 1. The number of carboxylic acids is 1. The molecule has 1 aromatic heterocycles. The van der Waals surface area contributed by atoms with Crippen LogP contribution in [-0.4, -0.2) is 22.1 Å². The molecule has 0 aliphatic heterocycles. The maximum Gasteiger partial charge on any atom is 0.305 e. The minimum atomic E-state index is -0.781. The van der Waals surface area contributed by atoms with Crippen molar-refractivity contribution >= 4 is 16.9 Å². The van der Waals surface area contributed by atoms with Crippen molar-refractivity contribution in [2.45, 2.75) is 45.2 Å². The topological polar surface area (TPSA) is 65.1 Å². The number of nitrogens with one attached hydrogen (secondary N) is 2. The fraction of sp³-hybridized carbons (Fsp3) is 0.438. The summed E-state index contributed by atoms with van der Waals surface area (Å²) in [4.78, 5) is 14.3. The third kappa shape index (κ3) is 3.39. The predicted octanol–water partition coefficient (Wildman–Crippen LogP) is 3.46. The number of aliphatic carboxylic acids is 1. The maximum absolute atomic E-state index is 11.1. The lowest BCUT2D eigenvalue weighted by molar-refractivity contribution is -0.137. The normalized spacial score (nSPS) is 14.3. The van der Waals surface area contributed by atoms with E-state index in [4.69, 9.17) is 5.11 Å². The molecule has 2 unspecified atom stereocenters. The van der Waals surface area contributed by atoms with Crippen molar-refractivity contribution in [3.63, 3.8) is 0 Å². The van der Waals surface area contributed by atoms with E-state index >= 15 is 0 Å². The van der Waals surface area contributed by atoms with Crippen LogP contribution in [0.3, 0.4) is 0 Å². The van der Waals surface area contributed by atoms with Crippen LogP contribution in [0.2, 0.25) is 0 Å². The molecule has 0 aliphatic rings. The van der Waals surface area contributed by atoms with Crippen LogP contribution in [0.4, 0.5) is 0 Å². The number of H-pyrrole nitrogens is 1. The number of aromatic nitrogens is 1. The summed E-state index contributed by atoms with van der Waals surface area (Å²) in [6.07, 6.45) is 4.14. The summed E-state index contributed by atoms with van der Waals surface area (Å²) < 4.78 is 0. The average Bonchev–Trinajstić information content (AvgIpc) is 2.81. The smallest absolute Gasteiger partial charge is 0.305 e. The molecule has 20 heavy (non-hydrogen) atoms. The summed E-state index contributed by atoms with van der Waals surface area (Å²) in [5.74, 6) is -0.781. The second-order valence-electron chi connectivity index (χ2n) is 5.30. The molecule has 3 N–H and O–H groups in total. The summed E-state index contributed by atoms with van der Waals surface area (Å²) in [7, 11) is 0. The molecule has 108 valence electrons. The second kappa shape index (κ2) is 6.57. The van der Waals surface area contributed by atoms with Crippen LogP contribution in [-0.2, 0) is 4.79 Å². The number of rotatable bonds is 7. The molecular formula is C16H22N2O2. The Hall–Kier alpha value is -1.81. The van der Waals surface area contributed by atoms with Gasteiger partial charge < -0.3 is 15.4 Å². The first-order valence-electron chi connectivity index (χ1n) is 7.15. The highest BCUT2D eigenvalue weighted by Gasteiger charge is 2.20. The van der Waals surface area contributed by atoms with E-state index in [2.05, 4.69) is 24.1 Å². The Labute approximate surface area is 119 Å². The van der Waals surface area contributed by atoms with Gasteiger partial charge in [-0.15, -0.1) is 0 Å². The Kier molecular flexibility index (Phi) is 4.79. The van der Waals surface area contributed by atoms with E-state index in [1.165, 1.54) is 0 Å². The van der Waals surface area contributed by atoms with Gasteiger partial charge >= 0.3 is 5.97 Å². The molecule has 2 rings (SSSR count). The summed E-state index contributed by atoms with van der Waals surface area (Å²) in [5.41, 5.74) is 2.08. The van der Waals surface area contributed by atoms with E-state index in [0.717, 1.165) is 29.3 Å². The fourth-order valence-electron chi connectivity index (χ4n) is 2.68. The van der Waals surface area contributed by atoms with Crippen LogP contribution in [0, 0.1) is 0 Å². The van der Waals surface area contributed by atoms with Crippen LogP contribution < -0.4 is 5.32 Å². The van der Waals surface area contributed by atoms with Gasteiger partial charge in [-0.05, 0) is 25.0 Å². The molecule has 2 atom stereocenters. The zero-order valence-electron chi connectivity index (χ0n) is 12.0. The third-order valence-electron chi connectivity index (χ3n) is 3.58. The molecule has 4 heteroatoms. The molecule has 4 nitrogen and oxygen atoms in total. The van der Waals surface area contributed by atoms with Crippen molar-refractivity contribution in [1.82, 2.24) is 10.3 Å². The van der Waals surface area contributed by atoms with E-state index in [1.807, 2.05) is 30.5 Å². The van der Waals surface area contributed by atoms with Crippen molar-refractivity contribution in [1.29, 1.82) is 0 Å². The molecular weight excluding hydrogens is 252 g/mol. The first-order valence-corrected chi connectivity index (χ1v) is 7.15. The number of hydrogen-bond donors (Lipinski definition) is 3. The quantitative estimate of drug-likeness (QED) is 0.724. The first kappa shape index (κ1) is 14.6. The lowest BCUT2D eigenvalue weighted by Crippen LogP contribution is -2.31. The van der Waals surface area contributed by atoms with Gasteiger partial charge in [0.25, 0.3) is 0 Å². The molecule has 0 fully saturated rings. The number of aromatic amines is 1. The summed E-state index contributed by atoms with van der Waals surface area (Å²) in [6, 6.07) is 8.13. The molecule has 0 saturated carbocycles. The van der Waals surface area contributed by atoms with Gasteiger partial charge in [0.15, 0.2) is 0 Å². The lowest BCUT2D eigenvalue weighted by atomic mass is 10.0. The van der Waals surface area contributed by atoms with E-state index in [1.54, 1.807) is 0 Å². The zero-order valence-corrected chi connectivity index (χ0v) is 12.0. The minimum Gasteiger partial charge on any atom is -0.481 e. The van der Waals surface area contributed by atoms with E-state index < -0.39 is 5.97 Å². The van der Waals surface area contributed by atoms with Gasteiger partial charge in [0.2, 0.25) is 0 Å². The Balaban J connectivity index is 2.27. The molecule has 0 bridgehead atoms. The minimum absolute atomic E-state index is 0.0932. The molecule has 1 heterocycles. The van der Waals surface area contributed by atoms with E-state index in [-0.39, 0.29) is 12.5 Å². The first-order chi connectivity index (χ1) is 9.61. The fourth-order valence-corrected chi connectivity index (χ4v) is 2.68. The van der Waals surface area contributed by atoms with Gasteiger partial charge in [-0.25, -0.2) is 0 Å². The van der Waals surface area contributed by atoms with Gasteiger partial charge in [0, 0.05) is 29.2 Å². The van der Waals surface area contributed by atoms with E-state index in [9.17, 15) is 4.79 Å². The van der Waals surface area contributed by atoms with Crippen molar-refractivity contribution in [2.75, 3.05) is 0 Å². The Morgan fingerprint density at radius 2 is 2.15 bits per heavy atom. The predicted molar refractivity (Wildman–Crippen MR) is 80.8 cm³/mol. The highest BCUT2D eigenvalue weighted by Crippen LogP contribution is 2.26. The molecule has 2 aromatic rings. The number of carbonyl (C=O) groups is 1. The van der Waals surface area contributed by atoms with Crippen LogP contribution in [0.25, 0.3) is 10.9 Å². The lowest BCUT2D eigenvalue weighted by Gasteiger charge is -2.21. The Morgan fingerprint density at radius 3 is 2.85 bits per heavy atom. The zero-order chi connectivity index (χ0) is 14.5. The van der Waals surface area contributed by atoms with E-state index in [0.29, 0.717) is 6.04 Å². The SMILES string of the molecule is CCCC(C)NC(CC(=O)O)c1c[nH]c2ccccc12. The number of benzene rings is 1.